The largest absolute Gasteiger partial charge is 0.481 e. The minimum Gasteiger partial charge on any atom is -0.481 e. The van der Waals surface area contributed by atoms with Crippen LogP contribution in [-0.2, 0) is 35.2 Å². The number of nitrogens with zero attached hydrogens (tertiary/aromatic N) is 1. The fourth-order valence-corrected chi connectivity index (χ4v) is 3.05. The summed E-state index contributed by atoms with van der Waals surface area (Å²) >= 11 is 3.85. The number of aromatic nitrogens is 2. The fraction of sp³-hybridized carbons (Fsp3) is 0.526. The molecule has 0 spiro atoms. The molecule has 0 bridgehead atoms. The zero-order valence-electron chi connectivity index (χ0n) is 18.6. The molecule has 16 heteroatoms. The van der Waals surface area contributed by atoms with Crippen LogP contribution in [0.2, 0.25) is 0 Å². The van der Waals surface area contributed by atoms with Crippen LogP contribution in [0.25, 0.3) is 0 Å². The number of imidazole rings is 1. The van der Waals surface area contributed by atoms with E-state index < -0.39 is 66.2 Å². The van der Waals surface area contributed by atoms with Crippen LogP contribution in [0.5, 0.6) is 0 Å². The number of aliphatic carboxylic acids is 2. The van der Waals surface area contributed by atoms with Gasteiger partial charge in [-0.15, -0.1) is 0 Å². The number of H-pyrrole nitrogens is 1. The van der Waals surface area contributed by atoms with Crippen molar-refractivity contribution in [2.45, 2.75) is 56.3 Å². The van der Waals surface area contributed by atoms with E-state index in [0.29, 0.717) is 5.69 Å². The van der Waals surface area contributed by atoms with Crippen molar-refractivity contribution in [1.29, 1.82) is 0 Å². The van der Waals surface area contributed by atoms with Gasteiger partial charge >= 0.3 is 11.9 Å². The van der Waals surface area contributed by atoms with E-state index in [2.05, 4.69) is 38.5 Å². The van der Waals surface area contributed by atoms with Crippen molar-refractivity contribution in [3.05, 3.63) is 18.2 Å². The molecule has 0 aliphatic heterocycles. The highest BCUT2D eigenvalue weighted by atomic mass is 32.1. The summed E-state index contributed by atoms with van der Waals surface area (Å²) in [7, 11) is 0. The monoisotopic (exact) mass is 515 g/mol. The lowest BCUT2D eigenvalue weighted by Crippen LogP contribution is -2.58. The number of carbonyl (C=O) groups is 6. The van der Waals surface area contributed by atoms with E-state index in [1.165, 1.54) is 12.5 Å². The molecule has 0 saturated heterocycles. The molecule has 4 amide bonds. The van der Waals surface area contributed by atoms with Gasteiger partial charge in [0, 0.05) is 36.9 Å². The molecular formula is C19H29N7O8S. The Morgan fingerprint density at radius 1 is 0.943 bits per heavy atom. The van der Waals surface area contributed by atoms with E-state index in [1.54, 1.807) is 0 Å². The minimum absolute atomic E-state index is 0.0660. The number of hydrogen-bond acceptors (Lipinski definition) is 9. The molecule has 15 nitrogen and oxygen atoms in total. The van der Waals surface area contributed by atoms with Gasteiger partial charge in [-0.05, 0) is 12.8 Å². The maximum Gasteiger partial charge on any atom is 0.327 e. The number of thiol groups is 1. The molecule has 4 unspecified atom stereocenters. The summed E-state index contributed by atoms with van der Waals surface area (Å²) in [6, 6.07) is -5.23. The molecule has 4 atom stereocenters. The van der Waals surface area contributed by atoms with Gasteiger partial charge in [0.1, 0.15) is 18.1 Å². The second-order valence-corrected chi connectivity index (χ2v) is 7.89. The van der Waals surface area contributed by atoms with E-state index in [9.17, 15) is 28.8 Å². The maximum atomic E-state index is 13.0. The van der Waals surface area contributed by atoms with Crippen molar-refractivity contribution in [3.8, 4) is 0 Å². The van der Waals surface area contributed by atoms with Gasteiger partial charge in [0.05, 0.1) is 12.4 Å². The standard InChI is InChI=1S/C19H29N7O8S/c20-10(1-3-14(21)27)16(30)25-12(5-9-6-22-8-23-9)18(32)24-11(2-4-15(28)29)17(31)26-13(7-35)19(33)34/h6,8,10-13,35H,1-5,7,20H2,(H2,21,27)(H,22,23)(H,24,32)(H,25,30)(H,26,31)(H,28,29)(H,33,34). The van der Waals surface area contributed by atoms with Crippen LogP contribution in [0.4, 0.5) is 0 Å². The number of nitrogens with two attached hydrogens (primary N) is 2. The molecule has 1 aromatic heterocycles. The van der Waals surface area contributed by atoms with Gasteiger partial charge in [0.2, 0.25) is 23.6 Å². The average molecular weight is 516 g/mol. The van der Waals surface area contributed by atoms with Crippen LogP contribution >= 0.6 is 12.6 Å². The summed E-state index contributed by atoms with van der Waals surface area (Å²) in [6.07, 6.45) is 1.57. The quantitative estimate of drug-likeness (QED) is 0.1000. The van der Waals surface area contributed by atoms with Crippen molar-refractivity contribution >= 4 is 48.2 Å². The summed E-state index contributed by atoms with van der Waals surface area (Å²) in [5, 5.41) is 25.1. The van der Waals surface area contributed by atoms with Gasteiger partial charge in [-0.1, -0.05) is 0 Å². The van der Waals surface area contributed by atoms with E-state index >= 15 is 0 Å². The molecule has 194 valence electrons. The lowest BCUT2D eigenvalue weighted by Gasteiger charge is -2.24. The Hall–Kier alpha value is -3.66. The number of aromatic amines is 1. The average Bonchev–Trinajstić information content (AvgIpc) is 3.30. The molecule has 0 aliphatic carbocycles. The summed E-state index contributed by atoms with van der Waals surface area (Å²) in [5.74, 6) is -6.09. The zero-order chi connectivity index (χ0) is 26.5. The van der Waals surface area contributed by atoms with Gasteiger partial charge in [0.15, 0.2) is 0 Å². The summed E-state index contributed by atoms with van der Waals surface area (Å²) in [5.41, 5.74) is 11.3. The molecule has 10 N–H and O–H groups in total. The van der Waals surface area contributed by atoms with Crippen LogP contribution in [0.15, 0.2) is 12.5 Å². The molecule has 35 heavy (non-hydrogen) atoms. The Morgan fingerprint density at radius 2 is 1.54 bits per heavy atom. The van der Waals surface area contributed by atoms with Crippen molar-refractivity contribution in [1.82, 2.24) is 25.9 Å². The molecule has 0 fully saturated rings. The molecule has 0 aliphatic rings. The van der Waals surface area contributed by atoms with Crippen LogP contribution in [-0.4, -0.2) is 85.7 Å². The first-order chi connectivity index (χ1) is 16.4. The second-order valence-electron chi connectivity index (χ2n) is 7.53. The van der Waals surface area contributed by atoms with Crippen LogP contribution in [0, 0.1) is 0 Å². The third-order valence-corrected chi connectivity index (χ3v) is 5.09. The third kappa shape index (κ3) is 10.9. The fourth-order valence-electron chi connectivity index (χ4n) is 2.80. The molecule has 1 rings (SSSR count). The lowest BCUT2D eigenvalue weighted by atomic mass is 10.1. The Morgan fingerprint density at radius 3 is 2.06 bits per heavy atom. The number of carboxylic acid groups (broad SMARTS) is 2. The van der Waals surface area contributed by atoms with E-state index in [0.717, 1.165) is 0 Å². The molecule has 0 radical (unpaired) electrons. The van der Waals surface area contributed by atoms with E-state index in [-0.39, 0.29) is 31.4 Å². The van der Waals surface area contributed by atoms with Gasteiger partial charge < -0.3 is 42.6 Å². The summed E-state index contributed by atoms with van der Waals surface area (Å²) in [6.45, 7) is 0. The highest BCUT2D eigenvalue weighted by Gasteiger charge is 2.30. The number of carboxylic acids is 2. The molecule has 0 saturated carbocycles. The van der Waals surface area contributed by atoms with Gasteiger partial charge in [-0.2, -0.15) is 12.6 Å². The van der Waals surface area contributed by atoms with E-state index in [4.69, 9.17) is 21.7 Å². The number of carbonyl (C=O) groups excluding carboxylic acids is 4. The first kappa shape index (κ1) is 29.4. The smallest absolute Gasteiger partial charge is 0.327 e. The summed E-state index contributed by atoms with van der Waals surface area (Å²) < 4.78 is 0. The Kier molecular flexibility index (Phi) is 12.2. The zero-order valence-corrected chi connectivity index (χ0v) is 19.5. The first-order valence-electron chi connectivity index (χ1n) is 10.4. The van der Waals surface area contributed by atoms with Crippen molar-refractivity contribution < 1.29 is 39.0 Å². The van der Waals surface area contributed by atoms with Crippen LogP contribution in [0.1, 0.15) is 31.4 Å². The first-order valence-corrected chi connectivity index (χ1v) is 11.1. The summed E-state index contributed by atoms with van der Waals surface area (Å²) in [4.78, 5) is 77.8. The number of amides is 4. The molecular weight excluding hydrogens is 486 g/mol. The third-order valence-electron chi connectivity index (χ3n) is 4.73. The Labute approximate surface area is 205 Å². The molecule has 1 aromatic rings. The molecule has 0 aromatic carbocycles. The van der Waals surface area contributed by atoms with Crippen molar-refractivity contribution in [3.63, 3.8) is 0 Å². The van der Waals surface area contributed by atoms with Crippen LogP contribution in [0.3, 0.4) is 0 Å². The van der Waals surface area contributed by atoms with E-state index in [1.807, 2.05) is 0 Å². The normalized spacial score (nSPS) is 14.1. The van der Waals surface area contributed by atoms with Crippen molar-refractivity contribution in [2.75, 3.05) is 5.75 Å². The number of hydrogen-bond donors (Lipinski definition) is 9. The Bertz CT molecular complexity index is 911. The van der Waals surface area contributed by atoms with Crippen molar-refractivity contribution in [2.24, 2.45) is 11.5 Å². The topological polar surface area (TPSA) is 260 Å². The lowest BCUT2D eigenvalue weighted by molar-refractivity contribution is -0.142. The number of rotatable bonds is 16. The van der Waals surface area contributed by atoms with Crippen LogP contribution < -0.4 is 27.4 Å². The number of primary amides is 1. The minimum atomic E-state index is -1.43. The number of nitrogens with one attached hydrogen (secondary N) is 4. The predicted molar refractivity (Wildman–Crippen MR) is 123 cm³/mol. The second kappa shape index (κ2) is 14.6. The molecule has 1 heterocycles. The SMILES string of the molecule is NC(=O)CCC(N)C(=O)NC(Cc1cnc[nH]1)C(=O)NC(CCC(=O)O)C(=O)NC(CS)C(=O)O. The highest BCUT2D eigenvalue weighted by Crippen LogP contribution is 2.05. The highest BCUT2D eigenvalue weighted by molar-refractivity contribution is 7.80. The maximum absolute atomic E-state index is 13.0. The van der Waals surface area contributed by atoms with Gasteiger partial charge in [-0.25, -0.2) is 9.78 Å². The predicted octanol–water partition coefficient (Wildman–Crippen LogP) is -3.12. The van der Waals surface area contributed by atoms with Gasteiger partial charge in [-0.3, -0.25) is 24.0 Å². The Balaban J connectivity index is 3.03. The van der Waals surface area contributed by atoms with Gasteiger partial charge in [0.25, 0.3) is 0 Å².